The average molecular weight is 664 g/mol. The van der Waals surface area contributed by atoms with Crippen LogP contribution < -0.4 is 13.8 Å². The van der Waals surface area contributed by atoms with Gasteiger partial charge in [-0.05, 0) is 68.0 Å². The van der Waals surface area contributed by atoms with Crippen LogP contribution in [0.2, 0.25) is 0 Å². The van der Waals surface area contributed by atoms with E-state index in [2.05, 4.69) is 44.6 Å². The van der Waals surface area contributed by atoms with Gasteiger partial charge in [0, 0.05) is 65.6 Å². The van der Waals surface area contributed by atoms with Crippen molar-refractivity contribution >= 4 is 69.9 Å². The summed E-state index contributed by atoms with van der Waals surface area (Å²) in [6.07, 6.45) is -0.557. The number of hydrogen-bond donors (Lipinski definition) is 2. The van der Waals surface area contributed by atoms with Gasteiger partial charge in [-0.15, -0.1) is 0 Å². The molecule has 0 fully saturated rings. The highest BCUT2D eigenvalue weighted by Crippen LogP contribution is 2.46. The highest BCUT2D eigenvalue weighted by atomic mass is 127. The van der Waals surface area contributed by atoms with Crippen molar-refractivity contribution in [2.24, 2.45) is 0 Å². The van der Waals surface area contributed by atoms with Crippen molar-refractivity contribution in [1.82, 2.24) is 3.30 Å². The number of halogens is 2. The summed E-state index contributed by atoms with van der Waals surface area (Å²) in [5, 5.41) is 0.651. The lowest BCUT2D eigenvalue weighted by Gasteiger charge is -2.24. The quantitative estimate of drug-likeness (QED) is 0.110. The van der Waals surface area contributed by atoms with Gasteiger partial charge in [0.1, 0.15) is 9.19 Å². The predicted octanol–water partition coefficient (Wildman–Crippen LogP) is 5.31. The largest absolute Gasteiger partial charge is 0.423 e. The Labute approximate surface area is 203 Å². The third-order valence-corrected chi connectivity index (χ3v) is 7.33. The average Bonchev–Trinajstić information content (AvgIpc) is 2.66. The predicted molar refractivity (Wildman–Crippen MR) is 136 cm³/mol. The van der Waals surface area contributed by atoms with Gasteiger partial charge >= 0.3 is 13.4 Å². The monoisotopic (exact) mass is 664 g/mol. The van der Waals surface area contributed by atoms with E-state index in [9.17, 15) is 14.3 Å². The molecule has 0 saturated heterocycles. The van der Waals surface area contributed by atoms with Crippen LogP contribution in [0.3, 0.4) is 0 Å². The number of hydrogen-bond acceptors (Lipinski definition) is 6. The topological polar surface area (TPSA) is 101 Å². The fourth-order valence-corrected chi connectivity index (χ4v) is 4.26. The molecule has 2 rings (SSSR count). The number of nitrogens with zero attached hydrogens (tertiary/aromatic N) is 1. The highest BCUT2D eigenvalue weighted by molar-refractivity contribution is 14.1. The van der Waals surface area contributed by atoms with E-state index in [4.69, 9.17) is 13.7 Å². The van der Waals surface area contributed by atoms with E-state index in [0.29, 0.717) is 16.5 Å². The molecule has 0 spiro atoms. The minimum absolute atomic E-state index is 0.279. The van der Waals surface area contributed by atoms with Crippen molar-refractivity contribution < 1.29 is 23.1 Å². The van der Waals surface area contributed by atoms with Gasteiger partial charge in [0.15, 0.2) is 0 Å². The van der Waals surface area contributed by atoms with Crippen molar-refractivity contribution in [2.75, 3.05) is 24.6 Å². The zero-order valence-electron chi connectivity index (χ0n) is 17.4. The zero-order valence-corrected chi connectivity index (χ0v) is 22.6. The summed E-state index contributed by atoms with van der Waals surface area (Å²) in [7, 11) is -4.07. The van der Waals surface area contributed by atoms with Gasteiger partial charge in [0.2, 0.25) is 0 Å². The summed E-state index contributed by atoms with van der Waals surface area (Å²) >= 11 is 3.73. The Bertz CT molecular complexity index is 958. The van der Waals surface area contributed by atoms with E-state index in [0.717, 1.165) is 18.8 Å². The van der Waals surface area contributed by atoms with E-state index < -0.39 is 23.1 Å². The molecule has 0 bridgehead atoms. The maximum Gasteiger partial charge on any atom is 0.412 e. The Morgan fingerprint density at radius 3 is 2.53 bits per heavy atom. The smallest absolute Gasteiger partial charge is 0.412 e. The lowest BCUT2D eigenvalue weighted by atomic mass is 10.0. The third-order valence-electron chi connectivity index (χ3n) is 4.44. The standard InChI is InChI=1S/C19H27I2N2O6P/c1-5-23(6-2)13-7-8-14-15(12-18(24)28-17(14)11-13)16(29-30(25,26)22-21)9-10-27-19(3,4)20/h7-8,11-12,16H,5-6,9-10H2,1-4H3,(H2,22,25,26). The summed E-state index contributed by atoms with van der Waals surface area (Å²) < 4.78 is 30.8. The summed E-state index contributed by atoms with van der Waals surface area (Å²) in [4.78, 5) is 24.4. The molecule has 0 aliphatic rings. The van der Waals surface area contributed by atoms with Crippen LogP contribution in [0.5, 0.6) is 0 Å². The summed E-state index contributed by atoms with van der Waals surface area (Å²) in [6, 6.07) is 6.91. The van der Waals surface area contributed by atoms with Gasteiger partial charge < -0.3 is 18.9 Å². The van der Waals surface area contributed by atoms with Gasteiger partial charge in [-0.25, -0.2) is 9.36 Å². The lowest BCUT2D eigenvalue weighted by molar-refractivity contribution is 0.0402. The van der Waals surface area contributed by atoms with Gasteiger partial charge in [-0.3, -0.25) is 4.52 Å². The number of ether oxygens (including phenoxy) is 1. The first kappa shape index (κ1) is 26.0. The maximum atomic E-state index is 12.3. The van der Waals surface area contributed by atoms with Crippen LogP contribution in [0, 0.1) is 0 Å². The van der Waals surface area contributed by atoms with Crippen LogP contribution in [0.25, 0.3) is 11.0 Å². The van der Waals surface area contributed by atoms with Gasteiger partial charge in [0.05, 0.1) is 12.7 Å². The number of benzene rings is 1. The van der Waals surface area contributed by atoms with Crippen LogP contribution in [-0.2, 0) is 13.8 Å². The molecular weight excluding hydrogens is 637 g/mol. The summed E-state index contributed by atoms with van der Waals surface area (Å²) in [5.41, 5.74) is 1.28. The SMILES string of the molecule is CCN(CC)c1ccc2c(C(CCOC(C)(C)I)OP(=O)(O)NI)cc(=O)oc2c1. The first-order valence-electron chi connectivity index (χ1n) is 9.54. The fourth-order valence-electron chi connectivity index (χ4n) is 3.09. The van der Waals surface area contributed by atoms with E-state index in [-0.39, 0.29) is 13.0 Å². The Kier molecular flexibility index (Phi) is 9.59. The molecule has 30 heavy (non-hydrogen) atoms. The molecule has 0 aliphatic carbocycles. The minimum atomic E-state index is -4.07. The molecule has 2 atom stereocenters. The molecule has 11 heteroatoms. The van der Waals surface area contributed by atoms with E-state index in [1.807, 2.05) is 32.0 Å². The molecule has 1 heterocycles. The fraction of sp³-hybridized carbons (Fsp3) is 0.526. The Hall–Kier alpha value is -0.240. The first-order chi connectivity index (χ1) is 14.0. The van der Waals surface area contributed by atoms with E-state index in [1.54, 1.807) is 22.9 Å². The third kappa shape index (κ3) is 7.42. The molecule has 0 amide bonds. The number of anilines is 1. The van der Waals surface area contributed by atoms with Gasteiger partial charge in [-0.1, -0.05) is 0 Å². The van der Waals surface area contributed by atoms with E-state index in [1.165, 1.54) is 6.07 Å². The van der Waals surface area contributed by atoms with E-state index >= 15 is 0 Å². The van der Waals surface area contributed by atoms with Crippen LogP contribution >= 0.6 is 53.2 Å². The number of rotatable bonds is 11. The molecule has 2 aromatic rings. The molecule has 168 valence electrons. The maximum absolute atomic E-state index is 12.3. The summed E-state index contributed by atoms with van der Waals surface area (Å²) in [5.74, 6) is 0. The van der Waals surface area contributed by atoms with Crippen LogP contribution in [-0.4, -0.2) is 28.2 Å². The number of fused-ring (bicyclic) bond motifs is 1. The molecule has 8 nitrogen and oxygen atoms in total. The Balaban J connectivity index is 2.51. The summed E-state index contributed by atoms with van der Waals surface area (Å²) in [6.45, 7) is 9.83. The van der Waals surface area contributed by atoms with Crippen LogP contribution in [0.1, 0.15) is 45.8 Å². The number of alkyl halides is 1. The molecule has 2 unspecified atom stereocenters. The van der Waals surface area contributed by atoms with Crippen LogP contribution in [0.4, 0.5) is 5.69 Å². The normalized spacial score (nSPS) is 15.2. The molecule has 1 aromatic carbocycles. The van der Waals surface area contributed by atoms with Gasteiger partial charge in [-0.2, -0.15) is 3.30 Å². The van der Waals surface area contributed by atoms with Gasteiger partial charge in [0.25, 0.3) is 0 Å². The second-order valence-corrected chi connectivity index (χ2v) is 12.5. The van der Waals surface area contributed by atoms with Crippen molar-refractivity contribution in [3.05, 3.63) is 40.2 Å². The Morgan fingerprint density at radius 2 is 1.97 bits per heavy atom. The molecule has 2 N–H and O–H groups in total. The minimum Gasteiger partial charge on any atom is -0.423 e. The van der Waals surface area contributed by atoms with Crippen molar-refractivity contribution in [2.45, 2.75) is 43.8 Å². The molecule has 1 aromatic heterocycles. The first-order valence-corrected chi connectivity index (χ1v) is 13.3. The molecular formula is C19H27I2N2O6P. The number of nitrogens with one attached hydrogen (secondary N) is 1. The van der Waals surface area contributed by atoms with Crippen molar-refractivity contribution in [3.8, 4) is 0 Å². The van der Waals surface area contributed by atoms with Crippen molar-refractivity contribution in [3.63, 3.8) is 0 Å². The lowest BCUT2D eigenvalue weighted by Crippen LogP contribution is -2.21. The van der Waals surface area contributed by atoms with Crippen LogP contribution in [0.15, 0.2) is 33.5 Å². The second-order valence-electron chi connectivity index (χ2n) is 7.07. The van der Waals surface area contributed by atoms with Crippen molar-refractivity contribution in [1.29, 1.82) is 0 Å². The molecule has 0 aliphatic heterocycles. The highest BCUT2D eigenvalue weighted by Gasteiger charge is 2.28. The molecule has 0 saturated carbocycles. The zero-order chi connectivity index (χ0) is 22.5. The molecule has 0 radical (unpaired) electrons. The second kappa shape index (κ2) is 11.1. The Morgan fingerprint density at radius 1 is 1.30 bits per heavy atom.